The van der Waals surface area contributed by atoms with Crippen LogP contribution in [-0.4, -0.2) is 32.2 Å². The number of aromatic nitrogens is 1. The van der Waals surface area contributed by atoms with Crippen LogP contribution in [0.4, 0.5) is 0 Å². The molecule has 25 heavy (non-hydrogen) atoms. The predicted octanol–water partition coefficient (Wildman–Crippen LogP) is 2.42. The molecule has 0 amide bonds. The summed E-state index contributed by atoms with van der Waals surface area (Å²) in [5.41, 5.74) is 2.00. The lowest BCUT2D eigenvalue weighted by molar-refractivity contribution is 0.602. The van der Waals surface area contributed by atoms with Crippen molar-refractivity contribution in [3.05, 3.63) is 45.4 Å². The molecule has 2 rings (SSSR count). The Morgan fingerprint density at radius 3 is 2.40 bits per heavy atom. The fraction of sp³-hybridized carbons (Fsp3) is 0.412. The lowest BCUT2D eigenvalue weighted by atomic mass is 10.2. The van der Waals surface area contributed by atoms with Gasteiger partial charge in [0.15, 0.2) is 15.8 Å². The Bertz CT molecular complexity index is 840. The molecule has 0 unspecified atom stereocenters. The number of aliphatic imine (C=N–C) groups is 1. The Hall–Kier alpha value is -1.93. The van der Waals surface area contributed by atoms with Crippen LogP contribution in [0.2, 0.25) is 0 Å². The fourth-order valence-corrected chi connectivity index (χ4v) is 3.76. The van der Waals surface area contributed by atoms with Crippen LogP contribution in [0.1, 0.15) is 28.1 Å². The van der Waals surface area contributed by atoms with Crippen LogP contribution in [0.5, 0.6) is 0 Å². The number of rotatable bonds is 6. The highest BCUT2D eigenvalue weighted by Crippen LogP contribution is 2.16. The molecular weight excluding hydrogens is 356 g/mol. The zero-order valence-corrected chi connectivity index (χ0v) is 16.6. The van der Waals surface area contributed by atoms with E-state index in [1.165, 1.54) is 11.1 Å². The van der Waals surface area contributed by atoms with Gasteiger partial charge in [-0.1, -0.05) is 12.1 Å². The molecule has 0 radical (unpaired) electrons. The molecule has 0 bridgehead atoms. The molecule has 2 aromatic rings. The molecule has 0 spiro atoms. The van der Waals surface area contributed by atoms with Crippen molar-refractivity contribution < 1.29 is 8.42 Å². The van der Waals surface area contributed by atoms with Crippen molar-refractivity contribution in [2.24, 2.45) is 4.99 Å². The molecule has 1 aromatic heterocycles. The van der Waals surface area contributed by atoms with Gasteiger partial charge in [0.05, 0.1) is 28.7 Å². The summed E-state index contributed by atoms with van der Waals surface area (Å²) in [6.45, 7) is 7.94. The summed E-state index contributed by atoms with van der Waals surface area (Å²) < 4.78 is 23.0. The number of sulfone groups is 1. The summed E-state index contributed by atoms with van der Waals surface area (Å²) in [5.74, 6) is 0.722. The molecule has 8 heteroatoms. The number of nitrogens with one attached hydrogen (secondary N) is 2. The summed E-state index contributed by atoms with van der Waals surface area (Å²) in [5, 5.41) is 7.58. The molecule has 0 aliphatic rings. The average molecular weight is 381 g/mol. The maximum absolute atomic E-state index is 11.5. The van der Waals surface area contributed by atoms with E-state index < -0.39 is 9.84 Å². The standard InChI is InChI=1S/C17H24N4O2S2/c1-5-18-17(20-11-16-12(2)21-13(3)24-16)19-10-14-6-8-15(9-7-14)25(4,22)23/h6-9H,5,10-11H2,1-4H3,(H2,18,19,20). The van der Waals surface area contributed by atoms with Crippen molar-refractivity contribution in [2.75, 3.05) is 12.8 Å². The molecule has 0 atom stereocenters. The minimum atomic E-state index is -3.17. The van der Waals surface area contributed by atoms with Gasteiger partial charge < -0.3 is 10.6 Å². The van der Waals surface area contributed by atoms with E-state index in [2.05, 4.69) is 20.6 Å². The second kappa shape index (κ2) is 8.44. The second-order valence-electron chi connectivity index (χ2n) is 5.71. The maximum atomic E-state index is 11.5. The Labute approximate surface area is 153 Å². The van der Waals surface area contributed by atoms with Crippen molar-refractivity contribution in [1.82, 2.24) is 15.6 Å². The van der Waals surface area contributed by atoms with Gasteiger partial charge in [-0.05, 0) is 38.5 Å². The first-order valence-electron chi connectivity index (χ1n) is 8.03. The first-order chi connectivity index (χ1) is 11.8. The topological polar surface area (TPSA) is 83.5 Å². The zero-order valence-electron chi connectivity index (χ0n) is 15.0. The van der Waals surface area contributed by atoms with Gasteiger partial charge in [-0.2, -0.15) is 0 Å². The van der Waals surface area contributed by atoms with Gasteiger partial charge >= 0.3 is 0 Å². The van der Waals surface area contributed by atoms with E-state index in [-0.39, 0.29) is 0 Å². The van der Waals surface area contributed by atoms with E-state index in [0.717, 1.165) is 28.8 Å². The number of thiazole rings is 1. The highest BCUT2D eigenvalue weighted by Gasteiger charge is 2.07. The number of nitrogens with zero attached hydrogens (tertiary/aromatic N) is 2. The third-order valence-electron chi connectivity index (χ3n) is 3.53. The van der Waals surface area contributed by atoms with Crippen LogP contribution in [0, 0.1) is 13.8 Å². The number of hydrogen-bond acceptors (Lipinski definition) is 5. The second-order valence-corrected chi connectivity index (χ2v) is 9.01. The Morgan fingerprint density at radius 1 is 1.20 bits per heavy atom. The van der Waals surface area contributed by atoms with E-state index in [1.807, 2.05) is 20.8 Å². The van der Waals surface area contributed by atoms with Gasteiger partial charge in [-0.3, -0.25) is 0 Å². The van der Waals surface area contributed by atoms with Crippen molar-refractivity contribution in [2.45, 2.75) is 38.8 Å². The van der Waals surface area contributed by atoms with Crippen LogP contribution < -0.4 is 10.6 Å². The molecule has 1 heterocycles. The van der Waals surface area contributed by atoms with Gasteiger partial charge in [0.2, 0.25) is 0 Å². The van der Waals surface area contributed by atoms with E-state index in [4.69, 9.17) is 0 Å². The third kappa shape index (κ3) is 5.82. The Kier molecular flexibility index (Phi) is 6.55. The first-order valence-corrected chi connectivity index (χ1v) is 10.7. The number of guanidine groups is 1. The van der Waals surface area contributed by atoms with Crippen LogP contribution in [0.15, 0.2) is 34.2 Å². The van der Waals surface area contributed by atoms with Crippen LogP contribution in [0.25, 0.3) is 0 Å². The molecule has 0 saturated heterocycles. The van der Waals surface area contributed by atoms with Crippen molar-refractivity contribution >= 4 is 27.1 Å². The fourth-order valence-electron chi connectivity index (χ4n) is 2.26. The smallest absolute Gasteiger partial charge is 0.191 e. The van der Waals surface area contributed by atoms with E-state index in [0.29, 0.717) is 18.0 Å². The molecule has 0 saturated carbocycles. The van der Waals surface area contributed by atoms with E-state index >= 15 is 0 Å². The van der Waals surface area contributed by atoms with Gasteiger partial charge in [-0.15, -0.1) is 11.3 Å². The SMILES string of the molecule is CCNC(=NCc1ccc(S(C)(=O)=O)cc1)NCc1sc(C)nc1C. The van der Waals surface area contributed by atoms with Crippen molar-refractivity contribution in [3.8, 4) is 0 Å². The Morgan fingerprint density at radius 2 is 1.88 bits per heavy atom. The summed E-state index contributed by atoms with van der Waals surface area (Å²) >= 11 is 1.68. The predicted molar refractivity (Wildman–Crippen MR) is 103 cm³/mol. The van der Waals surface area contributed by atoms with Gasteiger partial charge in [0.25, 0.3) is 0 Å². The monoisotopic (exact) mass is 380 g/mol. The summed E-state index contributed by atoms with van der Waals surface area (Å²) in [7, 11) is -3.17. The zero-order chi connectivity index (χ0) is 18.4. The Balaban J connectivity index is 2.02. The highest BCUT2D eigenvalue weighted by atomic mass is 32.2. The summed E-state index contributed by atoms with van der Waals surface area (Å²) in [6, 6.07) is 6.81. The highest BCUT2D eigenvalue weighted by molar-refractivity contribution is 7.90. The van der Waals surface area contributed by atoms with Gasteiger partial charge in [-0.25, -0.2) is 18.4 Å². The van der Waals surface area contributed by atoms with E-state index in [9.17, 15) is 8.42 Å². The quantitative estimate of drug-likeness (QED) is 0.594. The van der Waals surface area contributed by atoms with Crippen LogP contribution >= 0.6 is 11.3 Å². The molecule has 1 aromatic carbocycles. The maximum Gasteiger partial charge on any atom is 0.191 e. The molecule has 0 fully saturated rings. The van der Waals surface area contributed by atoms with Crippen molar-refractivity contribution in [1.29, 1.82) is 0 Å². The lowest BCUT2D eigenvalue weighted by Gasteiger charge is -2.11. The molecule has 0 aliphatic heterocycles. The van der Waals surface area contributed by atoms with Crippen LogP contribution in [0.3, 0.4) is 0 Å². The number of hydrogen-bond donors (Lipinski definition) is 2. The van der Waals surface area contributed by atoms with Gasteiger partial charge in [0.1, 0.15) is 0 Å². The van der Waals surface area contributed by atoms with E-state index in [1.54, 1.807) is 35.6 Å². The number of benzene rings is 1. The normalized spacial score (nSPS) is 12.2. The van der Waals surface area contributed by atoms with Gasteiger partial charge in [0, 0.05) is 17.7 Å². The average Bonchev–Trinajstić information content (AvgIpc) is 2.87. The molecular formula is C17H24N4O2S2. The first kappa shape index (κ1) is 19.4. The molecule has 0 aliphatic carbocycles. The number of aryl methyl sites for hydroxylation is 2. The summed E-state index contributed by atoms with van der Waals surface area (Å²) in [4.78, 5) is 10.5. The lowest BCUT2D eigenvalue weighted by Crippen LogP contribution is -2.36. The minimum absolute atomic E-state index is 0.321. The summed E-state index contributed by atoms with van der Waals surface area (Å²) in [6.07, 6.45) is 1.20. The largest absolute Gasteiger partial charge is 0.357 e. The molecule has 136 valence electrons. The molecule has 2 N–H and O–H groups in total. The minimum Gasteiger partial charge on any atom is -0.357 e. The van der Waals surface area contributed by atoms with Crippen LogP contribution in [-0.2, 0) is 22.9 Å². The molecule has 6 nitrogen and oxygen atoms in total. The third-order valence-corrected chi connectivity index (χ3v) is 5.73. The van der Waals surface area contributed by atoms with Crippen molar-refractivity contribution in [3.63, 3.8) is 0 Å².